The van der Waals surface area contributed by atoms with Crippen molar-refractivity contribution in [3.63, 3.8) is 0 Å². The lowest BCUT2D eigenvalue weighted by molar-refractivity contribution is -0.385. The van der Waals surface area contributed by atoms with Gasteiger partial charge in [-0.15, -0.1) is 10.2 Å². The standard InChI is InChI=1S/C14H14N4O5S/c1-22-10-5-4-8(7-9(10)18(20)21)12(19)15-14-17-16-13(24-14)11-3-2-6-23-11/h4-5,7,11H,2-3,6H2,1H3,(H,15,17,19). The molecule has 1 unspecified atom stereocenters. The average Bonchev–Trinajstić information content (AvgIpc) is 3.25. The van der Waals surface area contributed by atoms with Crippen LogP contribution in [0.5, 0.6) is 5.75 Å². The number of methoxy groups -OCH3 is 1. The molecule has 0 bridgehead atoms. The first-order valence-electron chi connectivity index (χ1n) is 7.17. The molecule has 1 atom stereocenters. The number of rotatable bonds is 5. The monoisotopic (exact) mass is 350 g/mol. The summed E-state index contributed by atoms with van der Waals surface area (Å²) in [5.74, 6) is -0.413. The first-order valence-corrected chi connectivity index (χ1v) is 7.99. The predicted molar refractivity (Wildman–Crippen MR) is 85.4 cm³/mol. The summed E-state index contributed by atoms with van der Waals surface area (Å²) in [5, 5.41) is 22.6. The first-order chi connectivity index (χ1) is 11.6. The Morgan fingerprint density at radius 2 is 2.33 bits per heavy atom. The van der Waals surface area contributed by atoms with Crippen molar-refractivity contribution < 1.29 is 19.2 Å². The molecule has 1 amide bonds. The summed E-state index contributed by atoms with van der Waals surface area (Å²) in [6.45, 7) is 0.696. The molecule has 1 aliphatic heterocycles. The third-order valence-electron chi connectivity index (χ3n) is 3.50. The summed E-state index contributed by atoms with van der Waals surface area (Å²) in [6, 6.07) is 3.99. The molecular formula is C14H14N4O5S. The van der Waals surface area contributed by atoms with Crippen molar-refractivity contribution in [3.8, 4) is 5.75 Å². The van der Waals surface area contributed by atoms with Gasteiger partial charge in [-0.05, 0) is 25.0 Å². The average molecular weight is 350 g/mol. The van der Waals surface area contributed by atoms with Gasteiger partial charge in [-0.3, -0.25) is 20.2 Å². The SMILES string of the molecule is COc1ccc(C(=O)Nc2nnc(C3CCCO3)s2)cc1[N+](=O)[O-]. The van der Waals surface area contributed by atoms with E-state index in [0.29, 0.717) is 16.7 Å². The Morgan fingerprint density at radius 1 is 1.50 bits per heavy atom. The van der Waals surface area contributed by atoms with E-state index in [0.717, 1.165) is 18.9 Å². The fourth-order valence-electron chi connectivity index (χ4n) is 2.33. The molecule has 126 valence electrons. The van der Waals surface area contributed by atoms with Crippen molar-refractivity contribution in [2.45, 2.75) is 18.9 Å². The fraction of sp³-hybridized carbons (Fsp3) is 0.357. The van der Waals surface area contributed by atoms with E-state index in [-0.39, 0.29) is 23.1 Å². The minimum atomic E-state index is -0.601. The van der Waals surface area contributed by atoms with Crippen molar-refractivity contribution in [1.29, 1.82) is 0 Å². The van der Waals surface area contributed by atoms with Gasteiger partial charge in [-0.2, -0.15) is 0 Å². The Hall–Kier alpha value is -2.59. The number of ether oxygens (including phenoxy) is 2. The first kappa shape index (κ1) is 16.3. The second-order valence-electron chi connectivity index (χ2n) is 5.04. The molecule has 1 fully saturated rings. The van der Waals surface area contributed by atoms with Crippen molar-refractivity contribution in [2.75, 3.05) is 19.0 Å². The summed E-state index contributed by atoms with van der Waals surface area (Å²) in [7, 11) is 1.33. The molecule has 0 spiro atoms. The lowest BCUT2D eigenvalue weighted by Gasteiger charge is -2.05. The van der Waals surface area contributed by atoms with Crippen LogP contribution in [0, 0.1) is 10.1 Å². The van der Waals surface area contributed by atoms with E-state index in [1.165, 1.54) is 30.6 Å². The molecule has 10 heteroatoms. The number of nitro benzene ring substituents is 1. The Morgan fingerprint density at radius 3 is 3.00 bits per heavy atom. The van der Waals surface area contributed by atoms with Gasteiger partial charge in [0.2, 0.25) is 5.13 Å². The van der Waals surface area contributed by atoms with E-state index < -0.39 is 10.8 Å². The van der Waals surface area contributed by atoms with Crippen molar-refractivity contribution >= 4 is 28.1 Å². The van der Waals surface area contributed by atoms with Crippen LogP contribution < -0.4 is 10.1 Å². The summed E-state index contributed by atoms with van der Waals surface area (Å²) < 4.78 is 10.4. The van der Waals surface area contributed by atoms with E-state index in [2.05, 4.69) is 15.5 Å². The second kappa shape index (κ2) is 6.89. The van der Waals surface area contributed by atoms with Crippen LogP contribution in [-0.4, -0.2) is 34.7 Å². The van der Waals surface area contributed by atoms with Gasteiger partial charge in [0.05, 0.1) is 12.0 Å². The van der Waals surface area contributed by atoms with Crippen molar-refractivity contribution in [2.24, 2.45) is 0 Å². The lowest BCUT2D eigenvalue weighted by Crippen LogP contribution is -2.12. The number of nitrogens with one attached hydrogen (secondary N) is 1. The molecule has 1 N–H and O–H groups in total. The molecule has 2 heterocycles. The van der Waals surface area contributed by atoms with Gasteiger partial charge >= 0.3 is 5.69 Å². The zero-order valence-corrected chi connectivity index (χ0v) is 13.5. The number of amides is 1. The molecule has 24 heavy (non-hydrogen) atoms. The normalized spacial score (nSPS) is 16.8. The van der Waals surface area contributed by atoms with E-state index >= 15 is 0 Å². The van der Waals surface area contributed by atoms with Gasteiger partial charge < -0.3 is 9.47 Å². The molecular weight excluding hydrogens is 336 g/mol. The van der Waals surface area contributed by atoms with Gasteiger partial charge in [-0.25, -0.2) is 0 Å². The van der Waals surface area contributed by atoms with E-state index in [4.69, 9.17) is 9.47 Å². The minimum absolute atomic E-state index is 0.0739. The maximum absolute atomic E-state index is 12.3. The Kier molecular flexibility index (Phi) is 4.67. The summed E-state index contributed by atoms with van der Waals surface area (Å²) in [6.07, 6.45) is 1.78. The predicted octanol–water partition coefficient (Wildman–Crippen LogP) is 2.56. The zero-order chi connectivity index (χ0) is 17.1. The topological polar surface area (TPSA) is 116 Å². The molecule has 1 aromatic carbocycles. The molecule has 0 radical (unpaired) electrons. The maximum Gasteiger partial charge on any atom is 0.311 e. The van der Waals surface area contributed by atoms with E-state index in [1.807, 2.05) is 0 Å². The second-order valence-corrected chi connectivity index (χ2v) is 6.05. The number of nitro groups is 1. The summed E-state index contributed by atoms with van der Waals surface area (Å²) in [4.78, 5) is 22.7. The van der Waals surface area contributed by atoms with Gasteiger partial charge in [0, 0.05) is 18.2 Å². The number of hydrogen-bond donors (Lipinski definition) is 1. The van der Waals surface area contributed by atoms with Gasteiger partial charge in [0.25, 0.3) is 5.91 Å². The van der Waals surface area contributed by atoms with Gasteiger partial charge in [0.15, 0.2) is 5.75 Å². The number of anilines is 1. The molecule has 0 saturated carbocycles. The third-order valence-corrected chi connectivity index (χ3v) is 4.43. The molecule has 2 aromatic rings. The molecule has 9 nitrogen and oxygen atoms in total. The summed E-state index contributed by atoms with van der Waals surface area (Å²) >= 11 is 1.23. The highest BCUT2D eigenvalue weighted by molar-refractivity contribution is 7.15. The van der Waals surface area contributed by atoms with E-state index in [9.17, 15) is 14.9 Å². The molecule has 1 saturated heterocycles. The van der Waals surface area contributed by atoms with Crippen LogP contribution in [0.15, 0.2) is 18.2 Å². The van der Waals surface area contributed by atoms with Crippen molar-refractivity contribution in [1.82, 2.24) is 10.2 Å². The molecule has 1 aromatic heterocycles. The van der Waals surface area contributed by atoms with Crippen LogP contribution in [0.1, 0.15) is 34.3 Å². The van der Waals surface area contributed by atoms with Crippen LogP contribution in [0.3, 0.4) is 0 Å². The number of aromatic nitrogens is 2. The van der Waals surface area contributed by atoms with Gasteiger partial charge in [-0.1, -0.05) is 11.3 Å². The third kappa shape index (κ3) is 3.34. The number of carbonyl (C=O) groups excluding carboxylic acids is 1. The highest BCUT2D eigenvalue weighted by Crippen LogP contribution is 2.32. The van der Waals surface area contributed by atoms with E-state index in [1.54, 1.807) is 0 Å². The minimum Gasteiger partial charge on any atom is -0.490 e. The zero-order valence-electron chi connectivity index (χ0n) is 12.7. The quantitative estimate of drug-likeness (QED) is 0.650. The highest BCUT2D eigenvalue weighted by atomic mass is 32.1. The Bertz CT molecular complexity index is 772. The number of nitrogens with zero attached hydrogens (tertiary/aromatic N) is 3. The fourth-order valence-corrected chi connectivity index (χ4v) is 3.15. The Labute approximate surface area is 140 Å². The summed E-state index contributed by atoms with van der Waals surface area (Å²) in [5.41, 5.74) is -0.140. The van der Waals surface area contributed by atoms with Crippen molar-refractivity contribution in [3.05, 3.63) is 38.9 Å². The van der Waals surface area contributed by atoms with Crippen LogP contribution in [0.25, 0.3) is 0 Å². The number of benzene rings is 1. The Balaban J connectivity index is 1.75. The van der Waals surface area contributed by atoms with Gasteiger partial charge in [0.1, 0.15) is 11.1 Å². The maximum atomic E-state index is 12.3. The highest BCUT2D eigenvalue weighted by Gasteiger charge is 2.23. The van der Waals surface area contributed by atoms with Crippen LogP contribution in [0.2, 0.25) is 0 Å². The number of hydrogen-bond acceptors (Lipinski definition) is 8. The molecule has 0 aliphatic carbocycles. The number of carbonyl (C=O) groups is 1. The molecule has 3 rings (SSSR count). The lowest BCUT2D eigenvalue weighted by atomic mass is 10.2. The van der Waals surface area contributed by atoms with Crippen LogP contribution in [-0.2, 0) is 4.74 Å². The smallest absolute Gasteiger partial charge is 0.311 e. The largest absolute Gasteiger partial charge is 0.490 e. The molecule has 1 aliphatic rings. The van der Waals surface area contributed by atoms with Crippen LogP contribution in [0.4, 0.5) is 10.8 Å². The van der Waals surface area contributed by atoms with Crippen LogP contribution >= 0.6 is 11.3 Å².